The van der Waals surface area contributed by atoms with Gasteiger partial charge in [0, 0.05) is 31.7 Å². The Morgan fingerprint density at radius 2 is 1.83 bits per heavy atom. The molecule has 0 aliphatic carbocycles. The highest BCUT2D eigenvalue weighted by atomic mass is 16.6. The topological polar surface area (TPSA) is 44.8 Å². The highest BCUT2D eigenvalue weighted by molar-refractivity contribution is 5.68. The highest BCUT2D eigenvalue weighted by Crippen LogP contribution is 2.29. The van der Waals surface area contributed by atoms with E-state index in [-0.39, 0.29) is 6.09 Å². The molecule has 3 atom stereocenters. The Bertz CT molecular complexity index is 440. The largest absolute Gasteiger partial charge is 0.444 e. The third-order valence-electron chi connectivity index (χ3n) is 5.95. The molecule has 0 aromatic carbocycles. The zero-order valence-corrected chi connectivity index (χ0v) is 15.9. The molecule has 4 heterocycles. The molecule has 1 amide bonds. The number of carbonyl (C=O) groups is 1. The van der Waals surface area contributed by atoms with Gasteiger partial charge in [-0.1, -0.05) is 0 Å². The van der Waals surface area contributed by atoms with Crippen molar-refractivity contribution in [2.24, 2.45) is 11.8 Å². The summed E-state index contributed by atoms with van der Waals surface area (Å²) in [6.07, 6.45) is 4.82. The average Bonchev–Trinajstić information content (AvgIpc) is 2.54. The van der Waals surface area contributed by atoms with Crippen LogP contribution in [0.25, 0.3) is 0 Å². The normalized spacial score (nSPS) is 34.9. The molecule has 4 aliphatic heterocycles. The molecule has 0 saturated carbocycles. The van der Waals surface area contributed by atoms with Crippen molar-refractivity contribution in [1.29, 1.82) is 0 Å². The SMILES string of the molecule is CC(NC1CN2CCC1CC2)C1CCCN(C(=O)OC(C)(C)C)C1. The van der Waals surface area contributed by atoms with Gasteiger partial charge in [-0.05, 0) is 78.3 Å². The van der Waals surface area contributed by atoms with E-state index in [9.17, 15) is 4.79 Å². The number of nitrogens with zero attached hydrogens (tertiary/aromatic N) is 2. The minimum atomic E-state index is -0.413. The first-order valence-corrected chi connectivity index (χ1v) is 9.78. The molecule has 24 heavy (non-hydrogen) atoms. The molecule has 2 bridgehead atoms. The van der Waals surface area contributed by atoms with Gasteiger partial charge in [0.1, 0.15) is 5.60 Å². The maximum absolute atomic E-state index is 12.4. The number of ether oxygens (including phenoxy) is 1. The standard InChI is InChI=1S/C19H35N3O2/c1-14(20-17-13-21-10-7-15(17)8-11-21)16-6-5-9-22(12-16)18(23)24-19(2,3)4/h14-17,20H,5-13H2,1-4H3. The average molecular weight is 338 g/mol. The van der Waals surface area contributed by atoms with E-state index >= 15 is 0 Å². The lowest BCUT2D eigenvalue weighted by atomic mass is 9.82. The lowest BCUT2D eigenvalue weighted by Gasteiger charge is -2.47. The Morgan fingerprint density at radius 1 is 1.12 bits per heavy atom. The monoisotopic (exact) mass is 337 g/mol. The Kier molecular flexibility index (Phi) is 5.40. The van der Waals surface area contributed by atoms with Gasteiger partial charge in [0.15, 0.2) is 0 Å². The van der Waals surface area contributed by atoms with Crippen molar-refractivity contribution in [3.8, 4) is 0 Å². The van der Waals surface area contributed by atoms with Crippen LogP contribution in [0.1, 0.15) is 53.4 Å². The minimum absolute atomic E-state index is 0.151. The fraction of sp³-hybridized carbons (Fsp3) is 0.947. The zero-order valence-electron chi connectivity index (χ0n) is 15.9. The lowest BCUT2D eigenvalue weighted by Crippen LogP contribution is -2.59. The first-order chi connectivity index (χ1) is 11.3. The summed E-state index contributed by atoms with van der Waals surface area (Å²) in [6, 6.07) is 1.10. The molecule has 1 N–H and O–H groups in total. The van der Waals surface area contributed by atoms with Gasteiger partial charge in [-0.3, -0.25) is 0 Å². The summed E-state index contributed by atoms with van der Waals surface area (Å²) in [5.41, 5.74) is -0.413. The van der Waals surface area contributed by atoms with E-state index in [0.717, 1.165) is 25.4 Å². The second-order valence-corrected chi connectivity index (χ2v) is 9.03. The summed E-state index contributed by atoms with van der Waals surface area (Å²) in [7, 11) is 0. The number of nitrogens with one attached hydrogen (secondary N) is 1. The van der Waals surface area contributed by atoms with Crippen LogP contribution in [0.2, 0.25) is 0 Å². The van der Waals surface area contributed by atoms with E-state index in [1.165, 1.54) is 38.9 Å². The molecule has 4 saturated heterocycles. The van der Waals surface area contributed by atoms with E-state index in [2.05, 4.69) is 17.1 Å². The molecule has 3 unspecified atom stereocenters. The second-order valence-electron chi connectivity index (χ2n) is 9.03. The first-order valence-electron chi connectivity index (χ1n) is 9.78. The predicted molar refractivity (Wildman–Crippen MR) is 96.1 cm³/mol. The van der Waals surface area contributed by atoms with Crippen molar-refractivity contribution >= 4 is 6.09 Å². The summed E-state index contributed by atoms with van der Waals surface area (Å²) in [5.74, 6) is 1.38. The van der Waals surface area contributed by atoms with Crippen molar-refractivity contribution in [2.45, 2.75) is 71.1 Å². The van der Waals surface area contributed by atoms with Gasteiger partial charge in [-0.2, -0.15) is 0 Å². The molecule has 4 aliphatic rings. The second kappa shape index (κ2) is 7.20. The Hall–Kier alpha value is -0.810. The molecular formula is C19H35N3O2. The van der Waals surface area contributed by atoms with Gasteiger partial charge in [0.05, 0.1) is 0 Å². The van der Waals surface area contributed by atoms with Crippen LogP contribution >= 0.6 is 0 Å². The third-order valence-corrected chi connectivity index (χ3v) is 5.95. The Balaban J connectivity index is 1.51. The highest BCUT2D eigenvalue weighted by Gasteiger charge is 2.36. The maximum Gasteiger partial charge on any atom is 0.410 e. The van der Waals surface area contributed by atoms with Crippen LogP contribution in [0.5, 0.6) is 0 Å². The fourth-order valence-corrected chi connectivity index (χ4v) is 4.54. The Morgan fingerprint density at radius 3 is 2.42 bits per heavy atom. The van der Waals surface area contributed by atoms with Gasteiger partial charge in [-0.25, -0.2) is 4.79 Å². The van der Waals surface area contributed by atoms with Crippen molar-refractivity contribution < 1.29 is 9.53 Å². The molecule has 5 heteroatoms. The number of hydrogen-bond acceptors (Lipinski definition) is 4. The molecule has 4 rings (SSSR count). The summed E-state index contributed by atoms with van der Waals surface area (Å²) in [6.45, 7) is 13.5. The summed E-state index contributed by atoms with van der Waals surface area (Å²) in [4.78, 5) is 16.9. The third kappa shape index (κ3) is 4.42. The van der Waals surface area contributed by atoms with E-state index in [1.54, 1.807) is 0 Å². The number of carbonyl (C=O) groups excluding carboxylic acids is 1. The van der Waals surface area contributed by atoms with Crippen LogP contribution in [0.15, 0.2) is 0 Å². The van der Waals surface area contributed by atoms with Gasteiger partial charge in [0.25, 0.3) is 0 Å². The number of hydrogen-bond donors (Lipinski definition) is 1. The quantitative estimate of drug-likeness (QED) is 0.860. The van der Waals surface area contributed by atoms with Gasteiger partial charge >= 0.3 is 6.09 Å². The van der Waals surface area contributed by atoms with Crippen LogP contribution in [-0.2, 0) is 4.74 Å². The van der Waals surface area contributed by atoms with Crippen molar-refractivity contribution in [1.82, 2.24) is 15.1 Å². The maximum atomic E-state index is 12.4. The van der Waals surface area contributed by atoms with Crippen molar-refractivity contribution in [3.63, 3.8) is 0 Å². The van der Waals surface area contributed by atoms with Crippen LogP contribution in [0, 0.1) is 11.8 Å². The van der Waals surface area contributed by atoms with Crippen LogP contribution in [0.4, 0.5) is 4.79 Å². The fourth-order valence-electron chi connectivity index (χ4n) is 4.54. The predicted octanol–water partition coefficient (Wildman–Crippen LogP) is 2.71. The van der Waals surface area contributed by atoms with E-state index in [1.807, 2.05) is 25.7 Å². The van der Waals surface area contributed by atoms with Crippen LogP contribution < -0.4 is 5.32 Å². The number of likely N-dealkylation sites (tertiary alicyclic amines) is 1. The smallest absolute Gasteiger partial charge is 0.410 e. The minimum Gasteiger partial charge on any atom is -0.444 e. The zero-order chi connectivity index (χ0) is 17.3. The summed E-state index contributed by atoms with van der Waals surface area (Å²) < 4.78 is 5.56. The molecule has 0 aromatic rings. The van der Waals surface area contributed by atoms with Crippen LogP contribution in [-0.4, -0.2) is 66.3 Å². The summed E-state index contributed by atoms with van der Waals surface area (Å²) >= 11 is 0. The molecule has 5 nitrogen and oxygen atoms in total. The van der Waals surface area contributed by atoms with E-state index < -0.39 is 5.60 Å². The van der Waals surface area contributed by atoms with E-state index in [0.29, 0.717) is 18.0 Å². The van der Waals surface area contributed by atoms with E-state index in [4.69, 9.17) is 4.74 Å². The number of fused-ring (bicyclic) bond motifs is 3. The van der Waals surface area contributed by atoms with Crippen molar-refractivity contribution in [2.75, 3.05) is 32.7 Å². The molecule has 0 radical (unpaired) electrons. The molecular weight excluding hydrogens is 302 g/mol. The molecule has 138 valence electrons. The lowest BCUT2D eigenvalue weighted by molar-refractivity contribution is 0.0126. The Labute approximate surface area is 147 Å². The van der Waals surface area contributed by atoms with Gasteiger partial charge in [-0.15, -0.1) is 0 Å². The molecule has 0 spiro atoms. The number of rotatable bonds is 3. The summed E-state index contributed by atoms with van der Waals surface area (Å²) in [5, 5.41) is 3.91. The molecule has 4 fully saturated rings. The number of amides is 1. The van der Waals surface area contributed by atoms with Crippen LogP contribution in [0.3, 0.4) is 0 Å². The number of piperidine rings is 4. The van der Waals surface area contributed by atoms with Gasteiger partial charge in [0.2, 0.25) is 0 Å². The van der Waals surface area contributed by atoms with Gasteiger partial charge < -0.3 is 19.9 Å². The first kappa shape index (κ1) is 18.0. The van der Waals surface area contributed by atoms with Crippen molar-refractivity contribution in [3.05, 3.63) is 0 Å². The molecule has 0 aromatic heterocycles.